The summed E-state index contributed by atoms with van der Waals surface area (Å²) in [5.74, 6) is -1.56. The summed E-state index contributed by atoms with van der Waals surface area (Å²) in [6.07, 6.45) is -0.969. The van der Waals surface area contributed by atoms with E-state index < -0.39 is 23.9 Å². The van der Waals surface area contributed by atoms with Crippen LogP contribution in [0, 0.1) is 0 Å². The number of hydrogen-bond acceptors (Lipinski definition) is 5. The molecule has 1 heterocycles. The number of thiophene rings is 1. The molecule has 132 valence electrons. The number of anilines is 1. The molecule has 0 saturated heterocycles. The molecule has 0 saturated carbocycles. The second-order valence-electron chi connectivity index (χ2n) is 5.63. The number of ether oxygens (including phenoxy) is 1. The Morgan fingerprint density at radius 1 is 1.08 bits per heavy atom. The fourth-order valence-corrected chi connectivity index (χ4v) is 3.26. The first-order valence-corrected chi connectivity index (χ1v) is 8.66. The number of rotatable bonds is 5. The molecular formula is C19H16N2O4S. The Kier molecular flexibility index (Phi) is 4.99. The van der Waals surface area contributed by atoms with Gasteiger partial charge in [-0.15, -0.1) is 11.3 Å². The fourth-order valence-electron chi connectivity index (χ4n) is 2.32. The van der Waals surface area contributed by atoms with Crippen molar-refractivity contribution < 1.29 is 19.1 Å². The van der Waals surface area contributed by atoms with Crippen LogP contribution in [-0.2, 0) is 9.53 Å². The minimum Gasteiger partial charge on any atom is -0.448 e. The van der Waals surface area contributed by atoms with Crippen LogP contribution in [0.15, 0.2) is 54.6 Å². The zero-order valence-electron chi connectivity index (χ0n) is 13.9. The van der Waals surface area contributed by atoms with Crippen LogP contribution in [0.5, 0.6) is 0 Å². The second kappa shape index (κ2) is 7.37. The van der Waals surface area contributed by atoms with Crippen molar-refractivity contribution in [2.24, 2.45) is 5.73 Å². The predicted octanol–water partition coefficient (Wildman–Crippen LogP) is 3.18. The van der Waals surface area contributed by atoms with Crippen molar-refractivity contribution in [1.82, 2.24) is 0 Å². The molecule has 0 bridgehead atoms. The van der Waals surface area contributed by atoms with Crippen LogP contribution in [0.3, 0.4) is 0 Å². The van der Waals surface area contributed by atoms with Gasteiger partial charge in [-0.25, -0.2) is 4.79 Å². The van der Waals surface area contributed by atoms with Crippen LogP contribution in [0.2, 0.25) is 0 Å². The highest BCUT2D eigenvalue weighted by Gasteiger charge is 2.20. The lowest BCUT2D eigenvalue weighted by Crippen LogP contribution is -2.29. The Balaban J connectivity index is 1.62. The molecular weight excluding hydrogens is 352 g/mol. The van der Waals surface area contributed by atoms with Crippen LogP contribution in [0.1, 0.15) is 27.0 Å². The molecule has 0 fully saturated rings. The van der Waals surface area contributed by atoms with E-state index in [0.29, 0.717) is 16.1 Å². The van der Waals surface area contributed by atoms with Gasteiger partial charge in [0.1, 0.15) is 4.88 Å². The SMILES string of the molecule is CC(OC(=O)c1cc2ccccc2s1)C(=O)Nc1ccc(C(N)=O)cc1. The molecule has 0 aliphatic heterocycles. The number of amides is 2. The molecule has 3 aromatic rings. The molecule has 0 radical (unpaired) electrons. The quantitative estimate of drug-likeness (QED) is 0.676. The number of fused-ring (bicyclic) bond motifs is 1. The number of nitrogens with one attached hydrogen (secondary N) is 1. The number of nitrogens with two attached hydrogens (primary N) is 1. The summed E-state index contributed by atoms with van der Waals surface area (Å²) in [5, 5.41) is 3.58. The molecule has 2 aromatic carbocycles. The van der Waals surface area contributed by atoms with Gasteiger partial charge in [-0.1, -0.05) is 18.2 Å². The number of carbonyl (C=O) groups excluding carboxylic acids is 3. The summed E-state index contributed by atoms with van der Waals surface area (Å²) < 4.78 is 6.23. The number of primary amides is 1. The van der Waals surface area contributed by atoms with E-state index in [1.165, 1.54) is 30.4 Å². The molecule has 1 unspecified atom stereocenters. The smallest absolute Gasteiger partial charge is 0.349 e. The maximum atomic E-state index is 12.3. The van der Waals surface area contributed by atoms with E-state index in [0.717, 1.165) is 10.1 Å². The summed E-state index contributed by atoms with van der Waals surface area (Å²) >= 11 is 1.32. The third-order valence-electron chi connectivity index (χ3n) is 3.72. The molecule has 3 N–H and O–H groups in total. The van der Waals surface area contributed by atoms with Crippen molar-refractivity contribution in [2.45, 2.75) is 13.0 Å². The predicted molar refractivity (Wildman–Crippen MR) is 100 cm³/mol. The van der Waals surface area contributed by atoms with E-state index in [4.69, 9.17) is 10.5 Å². The molecule has 7 heteroatoms. The summed E-state index contributed by atoms with van der Waals surface area (Å²) in [6.45, 7) is 1.50. The first kappa shape index (κ1) is 17.6. The van der Waals surface area contributed by atoms with Gasteiger partial charge in [-0.05, 0) is 48.7 Å². The van der Waals surface area contributed by atoms with Gasteiger partial charge < -0.3 is 15.8 Å². The maximum absolute atomic E-state index is 12.3. The minimum atomic E-state index is -0.969. The lowest BCUT2D eigenvalue weighted by atomic mass is 10.2. The third-order valence-corrected chi connectivity index (χ3v) is 4.81. The van der Waals surface area contributed by atoms with Crippen LogP contribution in [0.4, 0.5) is 5.69 Å². The van der Waals surface area contributed by atoms with Gasteiger partial charge in [0.2, 0.25) is 5.91 Å². The van der Waals surface area contributed by atoms with Crippen LogP contribution in [-0.4, -0.2) is 23.9 Å². The molecule has 2 amide bonds. The molecule has 0 aliphatic rings. The average molecular weight is 368 g/mol. The van der Waals surface area contributed by atoms with Gasteiger partial charge in [0.25, 0.3) is 5.91 Å². The first-order chi connectivity index (χ1) is 12.4. The van der Waals surface area contributed by atoms with Gasteiger partial charge in [-0.3, -0.25) is 9.59 Å². The number of carbonyl (C=O) groups is 3. The van der Waals surface area contributed by atoms with Crippen molar-refractivity contribution in [3.63, 3.8) is 0 Å². The fraction of sp³-hybridized carbons (Fsp3) is 0.105. The molecule has 3 rings (SSSR count). The van der Waals surface area contributed by atoms with E-state index in [1.54, 1.807) is 18.2 Å². The molecule has 1 atom stereocenters. The van der Waals surface area contributed by atoms with Crippen LogP contribution >= 0.6 is 11.3 Å². The van der Waals surface area contributed by atoms with Gasteiger partial charge in [0, 0.05) is 16.0 Å². The summed E-state index contributed by atoms with van der Waals surface area (Å²) in [5.41, 5.74) is 5.99. The highest BCUT2D eigenvalue weighted by Crippen LogP contribution is 2.26. The zero-order chi connectivity index (χ0) is 18.7. The standard InChI is InChI=1S/C19H16N2O4S/c1-11(18(23)21-14-8-6-12(7-9-14)17(20)22)25-19(24)16-10-13-4-2-3-5-15(13)26-16/h2-11H,1H3,(H2,20,22)(H,21,23). The number of benzene rings is 2. The molecule has 0 spiro atoms. The largest absolute Gasteiger partial charge is 0.448 e. The van der Waals surface area contributed by atoms with Crippen molar-refractivity contribution >= 4 is 44.9 Å². The molecule has 6 nitrogen and oxygen atoms in total. The zero-order valence-corrected chi connectivity index (χ0v) is 14.7. The van der Waals surface area contributed by atoms with E-state index in [1.807, 2.05) is 24.3 Å². The normalized spacial score (nSPS) is 11.7. The van der Waals surface area contributed by atoms with E-state index in [-0.39, 0.29) is 0 Å². The number of hydrogen-bond donors (Lipinski definition) is 2. The summed E-state index contributed by atoms with van der Waals surface area (Å²) in [4.78, 5) is 35.9. The van der Waals surface area contributed by atoms with Gasteiger partial charge in [-0.2, -0.15) is 0 Å². The number of esters is 1. The Morgan fingerprint density at radius 2 is 1.77 bits per heavy atom. The topological polar surface area (TPSA) is 98.5 Å². The maximum Gasteiger partial charge on any atom is 0.349 e. The van der Waals surface area contributed by atoms with E-state index in [2.05, 4.69) is 5.32 Å². The van der Waals surface area contributed by atoms with E-state index >= 15 is 0 Å². The van der Waals surface area contributed by atoms with Gasteiger partial charge in [0.05, 0.1) is 0 Å². The Morgan fingerprint density at radius 3 is 2.42 bits per heavy atom. The van der Waals surface area contributed by atoms with Crippen molar-refractivity contribution in [2.75, 3.05) is 5.32 Å². The summed E-state index contributed by atoms with van der Waals surface area (Å²) in [7, 11) is 0. The third kappa shape index (κ3) is 3.89. The van der Waals surface area contributed by atoms with E-state index in [9.17, 15) is 14.4 Å². The van der Waals surface area contributed by atoms with Gasteiger partial charge >= 0.3 is 5.97 Å². The lowest BCUT2D eigenvalue weighted by molar-refractivity contribution is -0.123. The Hall–Kier alpha value is -3.19. The molecule has 26 heavy (non-hydrogen) atoms. The summed E-state index contributed by atoms with van der Waals surface area (Å²) in [6, 6.07) is 15.5. The molecule has 1 aromatic heterocycles. The van der Waals surface area contributed by atoms with Crippen LogP contribution < -0.4 is 11.1 Å². The van der Waals surface area contributed by atoms with Crippen molar-refractivity contribution in [3.8, 4) is 0 Å². The second-order valence-corrected chi connectivity index (χ2v) is 6.71. The highest BCUT2D eigenvalue weighted by molar-refractivity contribution is 7.20. The lowest BCUT2D eigenvalue weighted by Gasteiger charge is -2.13. The van der Waals surface area contributed by atoms with Crippen molar-refractivity contribution in [3.05, 3.63) is 65.0 Å². The molecule has 0 aliphatic carbocycles. The van der Waals surface area contributed by atoms with Crippen LogP contribution in [0.25, 0.3) is 10.1 Å². The van der Waals surface area contributed by atoms with Gasteiger partial charge in [0.15, 0.2) is 6.10 Å². The average Bonchev–Trinajstić information content (AvgIpc) is 3.06. The Bertz CT molecular complexity index is 946. The monoisotopic (exact) mass is 368 g/mol. The minimum absolute atomic E-state index is 0.340. The first-order valence-electron chi connectivity index (χ1n) is 7.84. The van der Waals surface area contributed by atoms with Crippen molar-refractivity contribution in [1.29, 1.82) is 0 Å². The Labute approximate surface area is 153 Å². The highest BCUT2D eigenvalue weighted by atomic mass is 32.1.